The van der Waals surface area contributed by atoms with Crippen LogP contribution in [0.5, 0.6) is 0 Å². The smallest absolute Gasteiger partial charge is 0.240 e. The molecule has 0 bridgehead atoms. The number of hydrogen-bond acceptors (Lipinski definition) is 3. The third-order valence-electron chi connectivity index (χ3n) is 2.89. The van der Waals surface area contributed by atoms with Gasteiger partial charge in [-0.1, -0.05) is 6.92 Å². The van der Waals surface area contributed by atoms with Crippen molar-refractivity contribution in [3.8, 4) is 12.3 Å². The van der Waals surface area contributed by atoms with E-state index >= 15 is 0 Å². The number of amides is 1. The summed E-state index contributed by atoms with van der Waals surface area (Å²) in [5, 5.41) is 9.63. The number of nitrogens with zero attached hydrogens (tertiary/aromatic N) is 1. The number of carbonyl (C=O) groups excluding carboxylic acids is 1. The second-order valence-electron chi connectivity index (χ2n) is 4.13. The highest BCUT2D eigenvalue weighted by atomic mass is 16.3. The number of rotatable bonds is 2. The van der Waals surface area contributed by atoms with Crippen molar-refractivity contribution < 1.29 is 9.90 Å². The summed E-state index contributed by atoms with van der Waals surface area (Å²) in [7, 11) is 0. The van der Waals surface area contributed by atoms with E-state index in [1.165, 1.54) is 0 Å². The average molecular weight is 210 g/mol. The van der Waals surface area contributed by atoms with Gasteiger partial charge in [0.15, 0.2) is 0 Å². The van der Waals surface area contributed by atoms with E-state index in [1.807, 2.05) is 6.92 Å². The molecule has 0 aliphatic carbocycles. The highest BCUT2D eigenvalue weighted by molar-refractivity contribution is 5.82. The third kappa shape index (κ3) is 2.95. The number of hydrogen-bond donors (Lipinski definition) is 2. The van der Waals surface area contributed by atoms with Crippen molar-refractivity contribution in [2.24, 2.45) is 11.7 Å². The Kier molecular flexibility index (Phi) is 4.13. The Hall–Kier alpha value is -1.05. The molecule has 0 aromatic rings. The Morgan fingerprint density at radius 2 is 2.47 bits per heavy atom. The highest BCUT2D eigenvalue weighted by Crippen LogP contribution is 2.17. The molecule has 0 spiro atoms. The minimum atomic E-state index is -0.629. The summed E-state index contributed by atoms with van der Waals surface area (Å²) in [6, 6.07) is -0.629. The van der Waals surface area contributed by atoms with Gasteiger partial charge in [-0.2, -0.15) is 0 Å². The number of β-amino-alcohol motifs (C(OH)–C–C–N with tert-alkyl or cyclic N) is 1. The summed E-state index contributed by atoms with van der Waals surface area (Å²) < 4.78 is 0. The van der Waals surface area contributed by atoms with Gasteiger partial charge in [0, 0.05) is 19.5 Å². The lowest BCUT2D eigenvalue weighted by molar-refractivity contribution is -0.136. The third-order valence-corrected chi connectivity index (χ3v) is 2.89. The summed E-state index contributed by atoms with van der Waals surface area (Å²) in [4.78, 5) is 13.3. The second-order valence-corrected chi connectivity index (χ2v) is 4.13. The molecule has 3 unspecified atom stereocenters. The molecular formula is C11H18N2O2. The lowest BCUT2D eigenvalue weighted by Gasteiger charge is -2.35. The van der Waals surface area contributed by atoms with Gasteiger partial charge in [0.25, 0.3) is 0 Å². The summed E-state index contributed by atoms with van der Waals surface area (Å²) in [6.07, 6.45) is 5.72. The Morgan fingerprint density at radius 1 is 1.80 bits per heavy atom. The number of nitrogens with two attached hydrogens (primary N) is 1. The molecule has 0 aromatic heterocycles. The maximum atomic E-state index is 11.7. The van der Waals surface area contributed by atoms with Crippen LogP contribution >= 0.6 is 0 Å². The number of terminal acetylenes is 1. The van der Waals surface area contributed by atoms with Gasteiger partial charge >= 0.3 is 0 Å². The van der Waals surface area contributed by atoms with Gasteiger partial charge in [-0.15, -0.1) is 12.3 Å². The quantitative estimate of drug-likeness (QED) is 0.608. The first kappa shape index (κ1) is 12.0. The van der Waals surface area contributed by atoms with Crippen LogP contribution in [0.1, 0.15) is 19.8 Å². The van der Waals surface area contributed by atoms with Gasteiger partial charge in [0.05, 0.1) is 12.1 Å². The van der Waals surface area contributed by atoms with E-state index in [0.717, 1.165) is 6.42 Å². The fourth-order valence-electron chi connectivity index (χ4n) is 1.70. The molecule has 3 atom stereocenters. The number of piperidine rings is 1. The molecule has 3 N–H and O–H groups in total. The first-order chi connectivity index (χ1) is 7.06. The van der Waals surface area contributed by atoms with Crippen molar-refractivity contribution in [2.45, 2.75) is 31.9 Å². The minimum Gasteiger partial charge on any atom is -0.391 e. The molecule has 0 aromatic carbocycles. The number of carbonyl (C=O) groups is 1. The normalized spacial score (nSPS) is 28.3. The highest BCUT2D eigenvalue weighted by Gasteiger charge is 2.29. The lowest BCUT2D eigenvalue weighted by Crippen LogP contribution is -2.51. The van der Waals surface area contributed by atoms with Crippen LogP contribution in [-0.2, 0) is 4.79 Å². The zero-order valence-electron chi connectivity index (χ0n) is 9.02. The second kappa shape index (κ2) is 5.15. The molecule has 0 saturated carbocycles. The van der Waals surface area contributed by atoms with Gasteiger partial charge in [-0.25, -0.2) is 0 Å². The van der Waals surface area contributed by atoms with Crippen LogP contribution in [0.2, 0.25) is 0 Å². The van der Waals surface area contributed by atoms with Crippen LogP contribution in [0.25, 0.3) is 0 Å². The summed E-state index contributed by atoms with van der Waals surface area (Å²) in [6.45, 7) is 3.02. The Morgan fingerprint density at radius 3 is 3.00 bits per heavy atom. The topological polar surface area (TPSA) is 66.6 Å². The van der Waals surface area contributed by atoms with E-state index in [-0.39, 0.29) is 18.2 Å². The fourth-order valence-corrected chi connectivity index (χ4v) is 1.70. The van der Waals surface area contributed by atoms with E-state index in [0.29, 0.717) is 13.1 Å². The van der Waals surface area contributed by atoms with Gasteiger partial charge < -0.3 is 15.7 Å². The van der Waals surface area contributed by atoms with Crippen molar-refractivity contribution in [1.29, 1.82) is 0 Å². The molecule has 4 nitrogen and oxygen atoms in total. The Balaban J connectivity index is 2.51. The van der Waals surface area contributed by atoms with E-state index in [9.17, 15) is 9.90 Å². The van der Waals surface area contributed by atoms with E-state index in [1.54, 1.807) is 4.90 Å². The summed E-state index contributed by atoms with van der Waals surface area (Å²) >= 11 is 0. The molecule has 15 heavy (non-hydrogen) atoms. The standard InChI is InChI=1S/C11H18N2O2/c1-3-4-9(12)11(15)13-6-5-8(2)10(14)7-13/h1,8-10,14H,4-7,12H2,2H3. The first-order valence-corrected chi connectivity index (χ1v) is 5.22. The monoisotopic (exact) mass is 210 g/mol. The molecule has 84 valence electrons. The molecule has 1 rings (SSSR count). The van der Waals surface area contributed by atoms with Crippen LogP contribution in [0.3, 0.4) is 0 Å². The Bertz CT molecular complexity index is 272. The molecule has 1 amide bonds. The van der Waals surface area contributed by atoms with Crippen LogP contribution < -0.4 is 5.73 Å². The van der Waals surface area contributed by atoms with Crippen molar-refractivity contribution >= 4 is 5.91 Å². The molecule has 0 radical (unpaired) electrons. The lowest BCUT2D eigenvalue weighted by atomic mass is 9.95. The average Bonchev–Trinajstić information content (AvgIpc) is 2.21. The van der Waals surface area contributed by atoms with Crippen molar-refractivity contribution in [3.05, 3.63) is 0 Å². The van der Waals surface area contributed by atoms with Crippen LogP contribution in [-0.4, -0.2) is 41.1 Å². The van der Waals surface area contributed by atoms with Gasteiger partial charge in [0.2, 0.25) is 5.91 Å². The van der Waals surface area contributed by atoms with Gasteiger partial charge in [-0.3, -0.25) is 4.79 Å². The molecular weight excluding hydrogens is 192 g/mol. The van der Waals surface area contributed by atoms with E-state index in [2.05, 4.69) is 5.92 Å². The molecule has 1 saturated heterocycles. The van der Waals surface area contributed by atoms with Crippen molar-refractivity contribution in [3.63, 3.8) is 0 Å². The zero-order valence-corrected chi connectivity index (χ0v) is 9.02. The fraction of sp³-hybridized carbons (Fsp3) is 0.727. The molecule has 1 fully saturated rings. The maximum absolute atomic E-state index is 11.7. The van der Waals surface area contributed by atoms with E-state index in [4.69, 9.17) is 12.2 Å². The van der Waals surface area contributed by atoms with E-state index < -0.39 is 12.1 Å². The zero-order chi connectivity index (χ0) is 11.4. The maximum Gasteiger partial charge on any atom is 0.240 e. The summed E-state index contributed by atoms with van der Waals surface area (Å²) in [5.74, 6) is 2.47. The van der Waals surface area contributed by atoms with Crippen molar-refractivity contribution in [1.82, 2.24) is 4.90 Å². The predicted octanol–water partition coefficient (Wildman–Crippen LogP) is -0.434. The van der Waals surface area contributed by atoms with Gasteiger partial charge in [0.1, 0.15) is 0 Å². The first-order valence-electron chi connectivity index (χ1n) is 5.22. The van der Waals surface area contributed by atoms with Crippen LogP contribution in [0.4, 0.5) is 0 Å². The Labute approximate surface area is 90.4 Å². The molecule has 1 aliphatic heterocycles. The van der Waals surface area contributed by atoms with Gasteiger partial charge in [-0.05, 0) is 12.3 Å². The SMILES string of the molecule is C#CCC(N)C(=O)N1CCC(C)C(O)C1. The largest absolute Gasteiger partial charge is 0.391 e. The molecule has 1 heterocycles. The minimum absolute atomic E-state index is 0.154. The number of aliphatic hydroxyl groups excluding tert-OH is 1. The molecule has 1 aliphatic rings. The number of likely N-dealkylation sites (tertiary alicyclic amines) is 1. The van der Waals surface area contributed by atoms with Crippen LogP contribution in [0.15, 0.2) is 0 Å². The summed E-state index contributed by atoms with van der Waals surface area (Å²) in [5.41, 5.74) is 5.62. The van der Waals surface area contributed by atoms with Crippen molar-refractivity contribution in [2.75, 3.05) is 13.1 Å². The molecule has 4 heteroatoms. The predicted molar refractivity (Wildman–Crippen MR) is 57.8 cm³/mol. The van der Waals surface area contributed by atoms with Crippen LogP contribution in [0, 0.1) is 18.3 Å². The number of aliphatic hydroxyl groups is 1.